The smallest absolute Gasteiger partial charge is 0.319 e. The van der Waals surface area contributed by atoms with Crippen LogP contribution in [0.1, 0.15) is 31.9 Å². The van der Waals surface area contributed by atoms with Crippen molar-refractivity contribution in [2.45, 2.75) is 32.7 Å². The molecule has 0 spiro atoms. The molecule has 0 saturated heterocycles. The van der Waals surface area contributed by atoms with E-state index in [4.69, 9.17) is 4.74 Å². The first-order chi connectivity index (χ1) is 13.8. The molecular formula is C23H24FN3O2. The molecular weight excluding hydrogens is 369 g/mol. The first-order valence-electron chi connectivity index (χ1n) is 9.34. The molecule has 0 radical (unpaired) electrons. The Morgan fingerprint density at radius 2 is 1.76 bits per heavy atom. The van der Waals surface area contributed by atoms with E-state index < -0.39 is 6.03 Å². The van der Waals surface area contributed by atoms with Gasteiger partial charge in [0.2, 0.25) is 5.88 Å². The van der Waals surface area contributed by atoms with Crippen LogP contribution in [0.4, 0.5) is 14.9 Å². The number of nitrogens with zero attached hydrogens (tertiary/aromatic N) is 1. The Hall–Kier alpha value is -3.41. The number of anilines is 1. The van der Waals surface area contributed by atoms with Gasteiger partial charge in [-0.05, 0) is 41.3 Å². The van der Waals surface area contributed by atoms with Gasteiger partial charge >= 0.3 is 6.03 Å². The van der Waals surface area contributed by atoms with Crippen molar-refractivity contribution < 1.29 is 13.9 Å². The van der Waals surface area contributed by atoms with Gasteiger partial charge in [-0.25, -0.2) is 14.2 Å². The Morgan fingerprint density at radius 1 is 1.03 bits per heavy atom. The minimum Gasteiger partial charge on any atom is -0.437 e. The second kappa shape index (κ2) is 8.73. The Bertz CT molecular complexity index is 982. The fourth-order valence-electron chi connectivity index (χ4n) is 2.80. The van der Waals surface area contributed by atoms with Crippen molar-refractivity contribution in [2.24, 2.45) is 0 Å². The van der Waals surface area contributed by atoms with Crippen LogP contribution in [0.5, 0.6) is 11.6 Å². The van der Waals surface area contributed by atoms with Crippen molar-refractivity contribution >= 4 is 11.7 Å². The highest BCUT2D eigenvalue weighted by molar-refractivity contribution is 5.90. The van der Waals surface area contributed by atoms with Gasteiger partial charge in [0.15, 0.2) is 0 Å². The number of rotatable bonds is 5. The molecule has 29 heavy (non-hydrogen) atoms. The highest BCUT2D eigenvalue weighted by atomic mass is 19.1. The van der Waals surface area contributed by atoms with E-state index in [1.165, 1.54) is 12.1 Å². The van der Waals surface area contributed by atoms with Crippen LogP contribution in [-0.2, 0) is 12.0 Å². The topological polar surface area (TPSA) is 63.2 Å². The lowest BCUT2D eigenvalue weighted by Gasteiger charge is -2.22. The summed E-state index contributed by atoms with van der Waals surface area (Å²) in [6.45, 7) is 6.59. The number of halogens is 1. The highest BCUT2D eigenvalue weighted by Crippen LogP contribution is 2.35. The number of urea groups is 1. The van der Waals surface area contributed by atoms with Gasteiger partial charge in [-0.15, -0.1) is 0 Å². The number of hydrogen-bond acceptors (Lipinski definition) is 3. The van der Waals surface area contributed by atoms with Crippen molar-refractivity contribution in [3.63, 3.8) is 0 Å². The molecule has 0 aliphatic rings. The zero-order valence-electron chi connectivity index (χ0n) is 16.7. The number of ether oxygens (including phenoxy) is 1. The molecule has 2 N–H and O–H groups in total. The zero-order chi connectivity index (χ0) is 20.9. The Morgan fingerprint density at radius 3 is 2.48 bits per heavy atom. The second-order valence-electron chi connectivity index (χ2n) is 7.64. The molecule has 5 nitrogen and oxygen atoms in total. The van der Waals surface area contributed by atoms with Crippen LogP contribution in [0.3, 0.4) is 0 Å². The van der Waals surface area contributed by atoms with E-state index >= 15 is 0 Å². The molecule has 1 heterocycles. The van der Waals surface area contributed by atoms with Gasteiger partial charge in [-0.2, -0.15) is 0 Å². The monoisotopic (exact) mass is 393 g/mol. The summed E-state index contributed by atoms with van der Waals surface area (Å²) in [4.78, 5) is 16.6. The van der Waals surface area contributed by atoms with Gasteiger partial charge in [0, 0.05) is 18.3 Å². The minimum atomic E-state index is -0.406. The van der Waals surface area contributed by atoms with E-state index in [-0.39, 0.29) is 17.8 Å². The van der Waals surface area contributed by atoms with Gasteiger partial charge in [0.1, 0.15) is 17.3 Å². The third-order valence-corrected chi connectivity index (χ3v) is 4.29. The number of nitrogens with one attached hydrogen (secondary N) is 2. The summed E-state index contributed by atoms with van der Waals surface area (Å²) < 4.78 is 19.0. The first kappa shape index (κ1) is 20.3. The molecule has 0 bridgehead atoms. The van der Waals surface area contributed by atoms with E-state index in [1.807, 2.05) is 24.3 Å². The van der Waals surface area contributed by atoms with Crippen molar-refractivity contribution in [3.05, 3.63) is 83.8 Å². The molecule has 1 aromatic heterocycles. The van der Waals surface area contributed by atoms with E-state index in [1.54, 1.807) is 30.5 Å². The van der Waals surface area contributed by atoms with Gasteiger partial charge in [-0.1, -0.05) is 51.1 Å². The average molecular weight is 393 g/mol. The molecule has 0 aliphatic carbocycles. The van der Waals surface area contributed by atoms with E-state index in [0.717, 1.165) is 11.1 Å². The number of amides is 2. The molecule has 0 atom stereocenters. The van der Waals surface area contributed by atoms with Crippen LogP contribution in [0.25, 0.3) is 0 Å². The van der Waals surface area contributed by atoms with Crippen molar-refractivity contribution in [3.8, 4) is 11.6 Å². The molecule has 0 aliphatic heterocycles. The lowest BCUT2D eigenvalue weighted by molar-refractivity contribution is 0.251. The fraction of sp³-hybridized carbons (Fsp3) is 0.217. The predicted molar refractivity (Wildman–Crippen MR) is 112 cm³/mol. The van der Waals surface area contributed by atoms with Crippen LogP contribution in [0.2, 0.25) is 0 Å². The van der Waals surface area contributed by atoms with Crippen LogP contribution >= 0.6 is 0 Å². The van der Waals surface area contributed by atoms with E-state index in [9.17, 15) is 9.18 Å². The second-order valence-corrected chi connectivity index (χ2v) is 7.64. The Labute approximate surface area is 169 Å². The number of carbonyl (C=O) groups is 1. The average Bonchev–Trinajstić information content (AvgIpc) is 2.69. The minimum absolute atomic E-state index is 0.106. The number of para-hydroxylation sites is 1. The zero-order valence-corrected chi connectivity index (χ0v) is 16.7. The summed E-state index contributed by atoms with van der Waals surface area (Å²) >= 11 is 0. The Kier molecular flexibility index (Phi) is 6.12. The lowest BCUT2D eigenvalue weighted by Crippen LogP contribution is -2.28. The standard InChI is InChI=1S/C23H24FN3O2/c1-23(2,3)18-7-4-5-9-20(18)29-21-19(8-6-14-25-21)27-22(28)26-15-16-10-12-17(24)13-11-16/h4-14H,15H2,1-3H3,(H2,26,27,28). The molecule has 0 saturated carbocycles. The third-order valence-electron chi connectivity index (χ3n) is 4.29. The van der Waals surface area contributed by atoms with Crippen LogP contribution in [-0.4, -0.2) is 11.0 Å². The van der Waals surface area contributed by atoms with Crippen LogP contribution in [0.15, 0.2) is 66.9 Å². The number of carbonyl (C=O) groups excluding carboxylic acids is 1. The normalized spacial score (nSPS) is 11.0. The summed E-state index contributed by atoms with van der Waals surface area (Å²) in [6, 6.07) is 16.8. The maximum atomic E-state index is 13.0. The van der Waals surface area contributed by atoms with Gasteiger partial charge in [0.25, 0.3) is 0 Å². The maximum Gasteiger partial charge on any atom is 0.319 e. The fourth-order valence-corrected chi connectivity index (χ4v) is 2.80. The largest absolute Gasteiger partial charge is 0.437 e. The molecule has 150 valence electrons. The SMILES string of the molecule is CC(C)(C)c1ccccc1Oc1ncccc1NC(=O)NCc1ccc(F)cc1. The molecule has 2 aromatic carbocycles. The maximum absolute atomic E-state index is 13.0. The van der Waals surface area contributed by atoms with Gasteiger partial charge in [-0.3, -0.25) is 0 Å². The van der Waals surface area contributed by atoms with E-state index in [0.29, 0.717) is 17.3 Å². The Balaban J connectivity index is 1.71. The first-order valence-corrected chi connectivity index (χ1v) is 9.34. The molecule has 0 fully saturated rings. The molecule has 3 rings (SSSR count). The van der Waals surface area contributed by atoms with Gasteiger partial charge in [0.05, 0.1) is 0 Å². The van der Waals surface area contributed by atoms with Crippen molar-refractivity contribution in [1.82, 2.24) is 10.3 Å². The molecule has 0 unspecified atom stereocenters. The van der Waals surface area contributed by atoms with Crippen molar-refractivity contribution in [2.75, 3.05) is 5.32 Å². The molecule has 6 heteroatoms. The molecule has 3 aromatic rings. The summed E-state index contributed by atoms with van der Waals surface area (Å²) in [7, 11) is 0. The van der Waals surface area contributed by atoms with Gasteiger partial charge < -0.3 is 15.4 Å². The quantitative estimate of drug-likeness (QED) is 0.590. The van der Waals surface area contributed by atoms with Crippen LogP contribution in [0, 0.1) is 5.82 Å². The summed E-state index contributed by atoms with van der Waals surface area (Å²) in [6.07, 6.45) is 1.61. The number of pyridine rings is 1. The third kappa shape index (κ3) is 5.54. The summed E-state index contributed by atoms with van der Waals surface area (Å²) in [5.41, 5.74) is 2.18. The van der Waals surface area contributed by atoms with Crippen LogP contribution < -0.4 is 15.4 Å². The number of benzene rings is 2. The van der Waals surface area contributed by atoms with E-state index in [2.05, 4.69) is 36.4 Å². The summed E-state index contributed by atoms with van der Waals surface area (Å²) in [5.74, 6) is 0.681. The lowest BCUT2D eigenvalue weighted by atomic mass is 9.86. The predicted octanol–water partition coefficient (Wildman–Crippen LogP) is 5.63. The highest BCUT2D eigenvalue weighted by Gasteiger charge is 2.20. The summed E-state index contributed by atoms with van der Waals surface area (Å²) in [5, 5.41) is 5.50. The van der Waals surface area contributed by atoms with Crippen molar-refractivity contribution in [1.29, 1.82) is 0 Å². The number of hydrogen-bond donors (Lipinski definition) is 2. The molecule has 2 amide bonds. The number of aromatic nitrogens is 1.